The highest BCUT2D eigenvalue weighted by Gasteiger charge is 2.53. The second-order valence-corrected chi connectivity index (χ2v) is 6.36. The van der Waals surface area contributed by atoms with E-state index in [-0.39, 0.29) is 6.10 Å². The maximum atomic E-state index is 12.9. The molecule has 0 aromatic heterocycles. The number of amides is 2. The first-order valence-electron chi connectivity index (χ1n) is 8.23. The van der Waals surface area contributed by atoms with Crippen molar-refractivity contribution in [1.82, 2.24) is 10.2 Å². The van der Waals surface area contributed by atoms with Crippen molar-refractivity contribution in [3.8, 4) is 0 Å². The topological polar surface area (TPSA) is 78.9 Å². The van der Waals surface area contributed by atoms with Gasteiger partial charge in [0.1, 0.15) is 0 Å². The number of hydrogen-bond acceptors (Lipinski definition) is 3. The number of likely N-dealkylation sites (tertiary alicyclic amines) is 1. The van der Waals surface area contributed by atoms with E-state index in [0.29, 0.717) is 13.0 Å². The molecular weight excluding hydrogens is 329 g/mol. The number of rotatable bonds is 5. The van der Waals surface area contributed by atoms with Gasteiger partial charge in [-0.15, -0.1) is 0 Å². The monoisotopic (exact) mass is 352 g/mol. The normalized spacial score (nSPS) is 28.0. The molecule has 0 aromatic carbocycles. The average Bonchev–Trinajstić information content (AvgIpc) is 2.98. The van der Waals surface area contributed by atoms with Gasteiger partial charge in [-0.3, -0.25) is 4.79 Å². The first-order chi connectivity index (χ1) is 11.3. The number of carbonyl (C=O) groups excluding carboxylic acids is 1. The molecule has 0 aromatic rings. The minimum Gasteiger partial charge on any atom is -0.481 e. The van der Waals surface area contributed by atoms with Crippen LogP contribution < -0.4 is 5.32 Å². The number of urea groups is 1. The standard InChI is InChI=1S/C15H23F3N2O4/c16-15(17,18)12-9-20(8-11(12)13(21)22)14(23)19-6-3-5-10-4-1-2-7-24-10/h10-12H,1-9H2,(H,19,23)(H,21,22)/t10?,11-,12-/m1/s1. The number of carboxylic acids is 1. The van der Waals surface area contributed by atoms with Gasteiger partial charge in [0.05, 0.1) is 17.9 Å². The lowest BCUT2D eigenvalue weighted by Gasteiger charge is -2.23. The predicted molar refractivity (Wildman–Crippen MR) is 78.5 cm³/mol. The molecule has 9 heteroatoms. The van der Waals surface area contributed by atoms with Crippen molar-refractivity contribution >= 4 is 12.0 Å². The molecule has 2 fully saturated rings. The summed E-state index contributed by atoms with van der Waals surface area (Å²) in [6.07, 6.45) is 0.212. The smallest absolute Gasteiger partial charge is 0.394 e. The van der Waals surface area contributed by atoms with Crippen molar-refractivity contribution in [2.24, 2.45) is 11.8 Å². The van der Waals surface area contributed by atoms with Gasteiger partial charge >= 0.3 is 18.2 Å². The van der Waals surface area contributed by atoms with Crippen LogP contribution >= 0.6 is 0 Å². The van der Waals surface area contributed by atoms with E-state index in [2.05, 4.69) is 5.32 Å². The molecular formula is C15H23F3N2O4. The molecule has 0 radical (unpaired) electrons. The van der Waals surface area contributed by atoms with E-state index >= 15 is 0 Å². The highest BCUT2D eigenvalue weighted by Crippen LogP contribution is 2.37. The Kier molecular flexibility index (Phi) is 6.31. The zero-order valence-electron chi connectivity index (χ0n) is 13.3. The lowest BCUT2D eigenvalue weighted by Crippen LogP contribution is -2.40. The third kappa shape index (κ3) is 4.99. The Morgan fingerprint density at radius 2 is 2.00 bits per heavy atom. The highest BCUT2D eigenvalue weighted by molar-refractivity contribution is 5.77. The third-order valence-electron chi connectivity index (χ3n) is 4.60. The summed E-state index contributed by atoms with van der Waals surface area (Å²) in [7, 11) is 0. The summed E-state index contributed by atoms with van der Waals surface area (Å²) in [4.78, 5) is 23.9. The van der Waals surface area contributed by atoms with Crippen molar-refractivity contribution in [2.45, 2.75) is 44.4 Å². The molecule has 0 bridgehead atoms. The molecule has 3 atom stereocenters. The van der Waals surface area contributed by atoms with Gasteiger partial charge in [-0.2, -0.15) is 13.2 Å². The largest absolute Gasteiger partial charge is 0.481 e. The Morgan fingerprint density at radius 1 is 1.25 bits per heavy atom. The molecule has 2 saturated heterocycles. The summed E-state index contributed by atoms with van der Waals surface area (Å²) >= 11 is 0. The van der Waals surface area contributed by atoms with Crippen molar-refractivity contribution < 1.29 is 32.6 Å². The number of nitrogens with zero attached hydrogens (tertiary/aromatic N) is 1. The Labute approximate surface area is 138 Å². The van der Waals surface area contributed by atoms with E-state index in [1.165, 1.54) is 0 Å². The molecule has 0 saturated carbocycles. The van der Waals surface area contributed by atoms with Gasteiger partial charge in [-0.05, 0) is 32.1 Å². The fourth-order valence-electron chi connectivity index (χ4n) is 3.22. The third-order valence-corrected chi connectivity index (χ3v) is 4.60. The molecule has 138 valence electrons. The molecule has 2 amide bonds. The fourth-order valence-corrected chi connectivity index (χ4v) is 3.22. The van der Waals surface area contributed by atoms with Crippen LogP contribution in [0.25, 0.3) is 0 Å². The SMILES string of the molecule is O=C(O)[C@@H]1CN(C(=O)NCCCC2CCCCO2)C[C@H]1C(F)(F)F. The number of alkyl halides is 3. The van der Waals surface area contributed by atoms with Crippen molar-refractivity contribution in [1.29, 1.82) is 0 Å². The van der Waals surface area contributed by atoms with Crippen LogP contribution in [-0.4, -0.2) is 60.5 Å². The molecule has 2 rings (SSSR count). The maximum absolute atomic E-state index is 12.9. The average molecular weight is 352 g/mol. The Morgan fingerprint density at radius 3 is 2.54 bits per heavy atom. The van der Waals surface area contributed by atoms with Crippen LogP contribution in [-0.2, 0) is 9.53 Å². The van der Waals surface area contributed by atoms with E-state index in [4.69, 9.17) is 9.84 Å². The van der Waals surface area contributed by atoms with E-state index < -0.39 is 43.1 Å². The van der Waals surface area contributed by atoms with E-state index in [0.717, 1.165) is 37.2 Å². The molecule has 24 heavy (non-hydrogen) atoms. The second kappa shape index (κ2) is 8.04. The van der Waals surface area contributed by atoms with E-state index in [1.54, 1.807) is 0 Å². The Hall–Kier alpha value is -1.51. The predicted octanol–water partition coefficient (Wildman–Crippen LogP) is 2.24. The van der Waals surface area contributed by atoms with Crippen LogP contribution in [0.1, 0.15) is 32.1 Å². The molecule has 2 aliphatic heterocycles. The van der Waals surface area contributed by atoms with Gasteiger partial charge in [0, 0.05) is 26.2 Å². The first-order valence-corrected chi connectivity index (χ1v) is 8.23. The van der Waals surface area contributed by atoms with Gasteiger partial charge in [-0.25, -0.2) is 4.79 Å². The van der Waals surface area contributed by atoms with Gasteiger partial charge < -0.3 is 20.1 Å². The molecule has 2 N–H and O–H groups in total. The van der Waals surface area contributed by atoms with Crippen LogP contribution in [0.4, 0.5) is 18.0 Å². The molecule has 0 aliphatic carbocycles. The quantitative estimate of drug-likeness (QED) is 0.744. The lowest BCUT2D eigenvalue weighted by molar-refractivity contribution is -0.187. The number of halogens is 3. The number of carbonyl (C=O) groups is 2. The Balaban J connectivity index is 1.75. The van der Waals surface area contributed by atoms with Crippen molar-refractivity contribution in [3.05, 3.63) is 0 Å². The number of nitrogens with one attached hydrogen (secondary N) is 1. The van der Waals surface area contributed by atoms with E-state index in [9.17, 15) is 22.8 Å². The van der Waals surface area contributed by atoms with Gasteiger partial charge in [0.25, 0.3) is 0 Å². The van der Waals surface area contributed by atoms with Crippen LogP contribution in [0.3, 0.4) is 0 Å². The first kappa shape index (κ1) is 18.8. The zero-order valence-corrected chi connectivity index (χ0v) is 13.3. The van der Waals surface area contributed by atoms with Gasteiger partial charge in [0.2, 0.25) is 0 Å². The van der Waals surface area contributed by atoms with E-state index in [1.807, 2.05) is 0 Å². The molecule has 2 heterocycles. The summed E-state index contributed by atoms with van der Waals surface area (Å²) in [6, 6.07) is -0.641. The molecule has 0 spiro atoms. The fraction of sp³-hybridized carbons (Fsp3) is 0.867. The maximum Gasteiger partial charge on any atom is 0.394 e. The van der Waals surface area contributed by atoms with Gasteiger partial charge in [0.15, 0.2) is 0 Å². The summed E-state index contributed by atoms with van der Waals surface area (Å²) in [5.41, 5.74) is 0. The Bertz CT molecular complexity index is 452. The number of ether oxygens (including phenoxy) is 1. The molecule has 6 nitrogen and oxygen atoms in total. The summed E-state index contributed by atoms with van der Waals surface area (Å²) in [5, 5.41) is 11.5. The lowest BCUT2D eigenvalue weighted by atomic mass is 9.96. The second-order valence-electron chi connectivity index (χ2n) is 6.36. The zero-order chi connectivity index (χ0) is 17.7. The summed E-state index contributed by atoms with van der Waals surface area (Å²) in [5.74, 6) is -5.15. The van der Waals surface area contributed by atoms with Crippen molar-refractivity contribution in [2.75, 3.05) is 26.2 Å². The van der Waals surface area contributed by atoms with Crippen LogP contribution in [0.5, 0.6) is 0 Å². The van der Waals surface area contributed by atoms with Crippen LogP contribution in [0, 0.1) is 11.8 Å². The highest BCUT2D eigenvalue weighted by atomic mass is 19.4. The molecule has 2 aliphatic rings. The van der Waals surface area contributed by atoms with Gasteiger partial charge in [-0.1, -0.05) is 0 Å². The van der Waals surface area contributed by atoms with Crippen LogP contribution in [0.15, 0.2) is 0 Å². The minimum absolute atomic E-state index is 0.188. The summed E-state index contributed by atoms with van der Waals surface area (Å²) < 4.78 is 44.2. The number of carboxylic acid groups (broad SMARTS) is 1. The number of hydrogen-bond donors (Lipinski definition) is 2. The molecule has 1 unspecified atom stereocenters. The minimum atomic E-state index is -4.63. The number of aliphatic carboxylic acids is 1. The van der Waals surface area contributed by atoms with Crippen LogP contribution in [0.2, 0.25) is 0 Å². The van der Waals surface area contributed by atoms with Crippen molar-refractivity contribution in [3.63, 3.8) is 0 Å². The summed E-state index contributed by atoms with van der Waals surface area (Å²) in [6.45, 7) is 0.0545.